The molecule has 1 aromatic carbocycles. The van der Waals surface area contributed by atoms with Crippen molar-refractivity contribution in [2.24, 2.45) is 0 Å². The van der Waals surface area contributed by atoms with Gasteiger partial charge in [-0.15, -0.1) is 0 Å². The van der Waals surface area contributed by atoms with E-state index < -0.39 is 29.1 Å². The molecule has 0 saturated carbocycles. The highest BCUT2D eigenvalue weighted by atomic mass is 19.4. The number of carboxylic acids is 1. The van der Waals surface area contributed by atoms with Crippen molar-refractivity contribution in [1.82, 2.24) is 0 Å². The molecule has 0 unspecified atom stereocenters. The summed E-state index contributed by atoms with van der Waals surface area (Å²) in [6.07, 6.45) is -3.87. The molecule has 1 aromatic rings. The molecule has 0 saturated heterocycles. The number of halogens is 3. The van der Waals surface area contributed by atoms with Crippen LogP contribution in [0.4, 0.5) is 13.2 Å². The fourth-order valence-corrected chi connectivity index (χ4v) is 1.35. The summed E-state index contributed by atoms with van der Waals surface area (Å²) in [7, 11) is 0. The van der Waals surface area contributed by atoms with Crippen LogP contribution >= 0.6 is 0 Å². The third kappa shape index (κ3) is 3.19. The maximum absolute atomic E-state index is 12.6. The molecule has 0 aliphatic carbocycles. The van der Waals surface area contributed by atoms with Crippen molar-refractivity contribution in [2.75, 3.05) is 0 Å². The van der Waals surface area contributed by atoms with Crippen molar-refractivity contribution in [3.63, 3.8) is 0 Å². The molecule has 0 spiro atoms. The van der Waals surface area contributed by atoms with Gasteiger partial charge in [0.2, 0.25) is 0 Å². The number of carbonyl (C=O) groups is 2. The normalized spacial score (nSPS) is 12.3. The average molecular weight is 258 g/mol. The number of hydrogen-bond acceptors (Lipinski definition) is 2. The molecule has 0 bridgehead atoms. The van der Waals surface area contributed by atoms with Crippen molar-refractivity contribution in [3.8, 4) is 0 Å². The third-order valence-corrected chi connectivity index (χ3v) is 2.18. The molecule has 3 nitrogen and oxygen atoms in total. The zero-order valence-electron chi connectivity index (χ0n) is 9.28. The third-order valence-electron chi connectivity index (χ3n) is 2.18. The van der Waals surface area contributed by atoms with E-state index in [1.807, 2.05) is 0 Å². The highest BCUT2D eigenvalue weighted by molar-refractivity contribution is 6.19. The number of aliphatic carboxylic acids is 1. The first-order valence-corrected chi connectivity index (χ1v) is 4.85. The molecule has 0 atom stereocenters. The average Bonchev–Trinajstić information content (AvgIpc) is 2.24. The summed E-state index contributed by atoms with van der Waals surface area (Å²) in [5.74, 6) is -2.36. The number of alkyl halides is 3. The van der Waals surface area contributed by atoms with Crippen molar-refractivity contribution >= 4 is 17.8 Å². The molecule has 0 fully saturated rings. The lowest BCUT2D eigenvalue weighted by molar-refractivity contribution is -0.138. The van der Waals surface area contributed by atoms with Gasteiger partial charge in [-0.1, -0.05) is 18.2 Å². The fourth-order valence-electron chi connectivity index (χ4n) is 1.35. The summed E-state index contributed by atoms with van der Waals surface area (Å²) >= 11 is 0. The first-order valence-electron chi connectivity index (χ1n) is 4.85. The van der Waals surface area contributed by atoms with Crippen LogP contribution in [0.5, 0.6) is 0 Å². The Hall–Kier alpha value is -2.11. The summed E-state index contributed by atoms with van der Waals surface area (Å²) in [4.78, 5) is 21.8. The topological polar surface area (TPSA) is 54.4 Å². The Morgan fingerprint density at radius 1 is 1.22 bits per heavy atom. The van der Waals surface area contributed by atoms with Crippen LogP contribution in [0.2, 0.25) is 0 Å². The Bertz CT molecular complexity index is 500. The smallest absolute Gasteiger partial charge is 0.416 e. The Labute approximate surface area is 101 Å². The highest BCUT2D eigenvalue weighted by Gasteiger charge is 2.32. The van der Waals surface area contributed by atoms with Crippen molar-refractivity contribution in [2.45, 2.75) is 13.1 Å². The Kier molecular flexibility index (Phi) is 3.90. The predicted molar refractivity (Wildman–Crippen MR) is 57.7 cm³/mol. The number of rotatable bonds is 3. The molecule has 96 valence electrons. The molecule has 18 heavy (non-hydrogen) atoms. The fraction of sp³-hybridized carbons (Fsp3) is 0.167. The van der Waals surface area contributed by atoms with Gasteiger partial charge in [0.1, 0.15) is 5.57 Å². The van der Waals surface area contributed by atoms with Crippen LogP contribution in [-0.2, 0) is 15.8 Å². The van der Waals surface area contributed by atoms with Crippen LogP contribution in [0.25, 0.3) is 6.08 Å². The van der Waals surface area contributed by atoms with Crippen LogP contribution in [0, 0.1) is 0 Å². The minimum absolute atomic E-state index is 0.349. The first-order chi connectivity index (χ1) is 8.23. The van der Waals surface area contributed by atoms with Gasteiger partial charge in [0.05, 0.1) is 5.56 Å². The second kappa shape index (κ2) is 5.03. The Morgan fingerprint density at radius 3 is 2.22 bits per heavy atom. The summed E-state index contributed by atoms with van der Waals surface area (Å²) in [5, 5.41) is 8.73. The second-order valence-electron chi connectivity index (χ2n) is 3.50. The molecule has 0 heterocycles. The Balaban J connectivity index is 3.38. The number of Topliss-reactive ketones (excluding diaryl/α,β-unsaturated/α-hetero) is 1. The lowest BCUT2D eigenvalue weighted by atomic mass is 10.0. The zero-order valence-corrected chi connectivity index (χ0v) is 9.28. The summed E-state index contributed by atoms with van der Waals surface area (Å²) in [6, 6.07) is 4.45. The number of benzene rings is 1. The van der Waals surface area contributed by atoms with E-state index in [4.69, 9.17) is 5.11 Å². The van der Waals surface area contributed by atoms with Crippen LogP contribution in [0.15, 0.2) is 29.8 Å². The molecule has 1 rings (SSSR count). The maximum atomic E-state index is 12.6. The van der Waals surface area contributed by atoms with Gasteiger partial charge in [0.25, 0.3) is 0 Å². The number of carboxylic acid groups (broad SMARTS) is 1. The monoisotopic (exact) mass is 258 g/mol. The Morgan fingerprint density at radius 2 is 1.78 bits per heavy atom. The predicted octanol–water partition coefficient (Wildman–Crippen LogP) is 2.76. The molecule has 0 aliphatic rings. The second-order valence-corrected chi connectivity index (χ2v) is 3.50. The van der Waals surface area contributed by atoms with E-state index >= 15 is 0 Å². The molecule has 0 radical (unpaired) electrons. The van der Waals surface area contributed by atoms with Crippen LogP contribution < -0.4 is 0 Å². The number of ketones is 1. The van der Waals surface area contributed by atoms with Crippen molar-refractivity contribution in [3.05, 3.63) is 41.0 Å². The zero-order chi connectivity index (χ0) is 13.9. The minimum atomic E-state index is -4.60. The molecular weight excluding hydrogens is 249 g/mol. The minimum Gasteiger partial charge on any atom is -0.478 e. The van der Waals surface area contributed by atoms with Gasteiger partial charge in [0, 0.05) is 0 Å². The molecule has 6 heteroatoms. The SMILES string of the molecule is CC(=O)C(=Cc1ccccc1C(F)(F)F)C(=O)O. The standard InChI is InChI=1S/C12H9F3O3/c1-7(16)9(11(17)18)6-8-4-2-3-5-10(8)12(13,14)15/h2-6H,1H3,(H,17,18). The summed E-state index contributed by atoms with van der Waals surface area (Å²) in [5.41, 5.74) is -2.02. The van der Waals surface area contributed by atoms with E-state index in [2.05, 4.69) is 0 Å². The summed E-state index contributed by atoms with van der Waals surface area (Å²) in [6.45, 7) is 0.982. The van der Waals surface area contributed by atoms with Gasteiger partial charge in [-0.2, -0.15) is 13.2 Å². The van der Waals surface area contributed by atoms with E-state index in [1.165, 1.54) is 12.1 Å². The van der Waals surface area contributed by atoms with Crippen LogP contribution in [-0.4, -0.2) is 16.9 Å². The van der Waals surface area contributed by atoms with Crippen molar-refractivity contribution in [1.29, 1.82) is 0 Å². The van der Waals surface area contributed by atoms with E-state index in [-0.39, 0.29) is 5.56 Å². The number of hydrogen-bond donors (Lipinski definition) is 1. The molecular formula is C12H9F3O3. The van der Waals surface area contributed by atoms with Gasteiger partial charge >= 0.3 is 12.1 Å². The largest absolute Gasteiger partial charge is 0.478 e. The quantitative estimate of drug-likeness (QED) is 0.515. The van der Waals surface area contributed by atoms with E-state index in [9.17, 15) is 22.8 Å². The molecule has 1 N–H and O–H groups in total. The van der Waals surface area contributed by atoms with Crippen LogP contribution in [0.1, 0.15) is 18.1 Å². The van der Waals surface area contributed by atoms with E-state index in [1.54, 1.807) is 0 Å². The van der Waals surface area contributed by atoms with Crippen LogP contribution in [0.3, 0.4) is 0 Å². The van der Waals surface area contributed by atoms with Gasteiger partial charge in [-0.25, -0.2) is 4.79 Å². The highest BCUT2D eigenvalue weighted by Crippen LogP contribution is 2.32. The lowest BCUT2D eigenvalue weighted by Crippen LogP contribution is -2.11. The summed E-state index contributed by atoms with van der Waals surface area (Å²) < 4.78 is 37.9. The van der Waals surface area contributed by atoms with Gasteiger partial charge in [0.15, 0.2) is 5.78 Å². The molecule has 0 aromatic heterocycles. The maximum Gasteiger partial charge on any atom is 0.416 e. The first kappa shape index (κ1) is 14.0. The van der Waals surface area contributed by atoms with E-state index in [0.29, 0.717) is 0 Å². The number of carbonyl (C=O) groups excluding carboxylic acids is 1. The van der Waals surface area contributed by atoms with Crippen molar-refractivity contribution < 1.29 is 27.9 Å². The van der Waals surface area contributed by atoms with E-state index in [0.717, 1.165) is 25.1 Å². The molecule has 0 amide bonds. The van der Waals surface area contributed by atoms with Gasteiger partial charge in [-0.3, -0.25) is 4.79 Å². The van der Waals surface area contributed by atoms with Gasteiger partial charge < -0.3 is 5.11 Å². The lowest BCUT2D eigenvalue weighted by Gasteiger charge is -2.10. The molecule has 0 aliphatic heterocycles. The van der Waals surface area contributed by atoms with Gasteiger partial charge in [-0.05, 0) is 24.6 Å².